The minimum absolute atomic E-state index is 0. The molecule has 6 nitrogen and oxygen atoms in total. The van der Waals surface area contributed by atoms with Crippen molar-refractivity contribution in [1.29, 1.82) is 0 Å². The second-order valence-corrected chi connectivity index (χ2v) is 2.03. The Morgan fingerprint density at radius 3 is 1.23 bits per heavy atom. The fourth-order valence-corrected chi connectivity index (χ4v) is 0.696. The molecule has 0 radical (unpaired) electrons. The van der Waals surface area contributed by atoms with E-state index in [1.54, 1.807) is 0 Å². The summed E-state index contributed by atoms with van der Waals surface area (Å²) >= 11 is 0. The van der Waals surface area contributed by atoms with Gasteiger partial charge in [-0.25, -0.2) is 0 Å². The Balaban J connectivity index is 0.00000144. The van der Waals surface area contributed by atoms with Gasteiger partial charge in [-0.1, -0.05) is 0 Å². The molecule has 0 saturated carbocycles. The molecule has 1 aromatic rings. The molecule has 1 rings (SSSR count). The molecule has 7 heteroatoms. The van der Waals surface area contributed by atoms with Gasteiger partial charge in [-0.2, -0.15) is 0 Å². The topological polar surface area (TPSA) is 86.3 Å². The number of nitro benzene ring substituents is 2. The maximum absolute atomic E-state index is 10.1. The van der Waals surface area contributed by atoms with Gasteiger partial charge in [0, 0.05) is 44.7 Å². The Kier molecular flexibility index (Phi) is 4.17. The first-order valence-electron chi connectivity index (χ1n) is 3.00. The minimum Gasteiger partial charge on any atom is -0.258 e. The average Bonchev–Trinajstić information content (AvgIpc) is 2.04. The van der Waals surface area contributed by atoms with Crippen LogP contribution in [-0.2, 0) is 20.4 Å². The van der Waals surface area contributed by atoms with E-state index >= 15 is 0 Å². The molecule has 0 atom stereocenters. The molecule has 0 aromatic heterocycles. The summed E-state index contributed by atoms with van der Waals surface area (Å²) in [5, 5.41) is 20.2. The van der Waals surface area contributed by atoms with Crippen molar-refractivity contribution < 1.29 is 30.3 Å². The zero-order valence-corrected chi connectivity index (χ0v) is 7.71. The third-order valence-electron chi connectivity index (χ3n) is 1.27. The molecule has 0 saturated heterocycles. The van der Waals surface area contributed by atoms with Gasteiger partial charge in [-0.15, -0.1) is 0 Å². The van der Waals surface area contributed by atoms with Gasteiger partial charge in [0.25, 0.3) is 11.4 Å². The summed E-state index contributed by atoms with van der Waals surface area (Å²) in [7, 11) is 0. The summed E-state index contributed by atoms with van der Waals surface area (Å²) in [6, 6.07) is 4.38. The summed E-state index contributed by atoms with van der Waals surface area (Å²) in [4.78, 5) is 19.0. The molecule has 0 spiro atoms. The SMILES string of the molecule is O=[N+]([O-])c1ccc([N+](=O)[O-])cc1.[Pd]. The molecule has 0 bridgehead atoms. The fourth-order valence-electron chi connectivity index (χ4n) is 0.696. The van der Waals surface area contributed by atoms with Crippen LogP contribution >= 0.6 is 0 Å². The van der Waals surface area contributed by atoms with Crippen molar-refractivity contribution in [1.82, 2.24) is 0 Å². The fraction of sp³-hybridized carbons (Fsp3) is 0. The second kappa shape index (κ2) is 4.65. The van der Waals surface area contributed by atoms with Crippen molar-refractivity contribution in [2.45, 2.75) is 0 Å². The van der Waals surface area contributed by atoms with E-state index in [-0.39, 0.29) is 31.8 Å². The Bertz CT molecular complexity index is 291. The molecule has 0 unspecified atom stereocenters. The van der Waals surface area contributed by atoms with Crippen molar-refractivity contribution in [2.24, 2.45) is 0 Å². The average molecular weight is 275 g/mol. The van der Waals surface area contributed by atoms with E-state index in [1.165, 1.54) is 0 Å². The summed E-state index contributed by atoms with van der Waals surface area (Å²) in [5.41, 5.74) is -0.304. The number of non-ortho nitro benzene ring substituents is 2. The van der Waals surface area contributed by atoms with Crippen molar-refractivity contribution in [3.63, 3.8) is 0 Å². The molecular weight excluding hydrogens is 270 g/mol. The van der Waals surface area contributed by atoms with Gasteiger partial charge in [0.2, 0.25) is 0 Å². The zero-order valence-electron chi connectivity index (χ0n) is 6.15. The summed E-state index contributed by atoms with van der Waals surface area (Å²) < 4.78 is 0. The van der Waals surface area contributed by atoms with Gasteiger partial charge >= 0.3 is 0 Å². The maximum Gasteiger partial charge on any atom is 0.269 e. The molecule has 72 valence electrons. The first-order chi connectivity index (χ1) is 5.61. The van der Waals surface area contributed by atoms with Crippen LogP contribution in [0.5, 0.6) is 0 Å². The van der Waals surface area contributed by atoms with Crippen LogP contribution < -0.4 is 0 Å². The minimum atomic E-state index is -0.607. The van der Waals surface area contributed by atoms with E-state index in [9.17, 15) is 20.2 Å². The Morgan fingerprint density at radius 1 is 0.846 bits per heavy atom. The van der Waals surface area contributed by atoms with Crippen LogP contribution in [0.4, 0.5) is 11.4 Å². The molecular formula is C6H4N2O4Pd. The molecule has 0 aliphatic rings. The van der Waals surface area contributed by atoms with Crippen LogP contribution in [0, 0.1) is 20.2 Å². The van der Waals surface area contributed by atoms with Crippen molar-refractivity contribution >= 4 is 11.4 Å². The molecule has 0 heterocycles. The van der Waals surface area contributed by atoms with Gasteiger partial charge in [-0.05, 0) is 0 Å². The smallest absolute Gasteiger partial charge is 0.258 e. The molecule has 0 aliphatic carbocycles. The van der Waals surface area contributed by atoms with Gasteiger partial charge in [-0.3, -0.25) is 20.2 Å². The van der Waals surface area contributed by atoms with Gasteiger partial charge < -0.3 is 0 Å². The van der Waals surface area contributed by atoms with Gasteiger partial charge in [0.05, 0.1) is 9.85 Å². The predicted octanol–water partition coefficient (Wildman–Crippen LogP) is 1.50. The molecule has 13 heavy (non-hydrogen) atoms. The van der Waals surface area contributed by atoms with E-state index in [0.717, 1.165) is 24.3 Å². The number of nitro groups is 2. The van der Waals surface area contributed by atoms with E-state index in [0.29, 0.717) is 0 Å². The molecule has 0 fully saturated rings. The number of benzene rings is 1. The van der Waals surface area contributed by atoms with Crippen LogP contribution in [-0.4, -0.2) is 9.85 Å². The third-order valence-corrected chi connectivity index (χ3v) is 1.27. The monoisotopic (exact) mass is 274 g/mol. The van der Waals surface area contributed by atoms with Gasteiger partial charge in [0.1, 0.15) is 0 Å². The number of rotatable bonds is 2. The third kappa shape index (κ3) is 2.89. The van der Waals surface area contributed by atoms with Crippen LogP contribution in [0.15, 0.2) is 24.3 Å². The number of hydrogen-bond donors (Lipinski definition) is 0. The first-order valence-corrected chi connectivity index (χ1v) is 3.00. The molecule has 0 aliphatic heterocycles. The first kappa shape index (κ1) is 11.7. The Hall–Kier alpha value is -1.32. The summed E-state index contributed by atoms with van der Waals surface area (Å²) in [6.07, 6.45) is 0. The van der Waals surface area contributed by atoms with Crippen LogP contribution in [0.2, 0.25) is 0 Å². The van der Waals surface area contributed by atoms with E-state index in [2.05, 4.69) is 0 Å². The zero-order chi connectivity index (χ0) is 9.14. The van der Waals surface area contributed by atoms with Gasteiger partial charge in [0.15, 0.2) is 0 Å². The molecule has 0 N–H and O–H groups in total. The second-order valence-electron chi connectivity index (χ2n) is 2.03. The van der Waals surface area contributed by atoms with Crippen molar-refractivity contribution in [3.8, 4) is 0 Å². The number of nitrogens with zero attached hydrogens (tertiary/aromatic N) is 2. The van der Waals surface area contributed by atoms with Crippen molar-refractivity contribution in [3.05, 3.63) is 44.5 Å². The normalized spacial score (nSPS) is 8.62. The van der Waals surface area contributed by atoms with Crippen molar-refractivity contribution in [2.75, 3.05) is 0 Å². The van der Waals surface area contributed by atoms with Crippen LogP contribution in [0.25, 0.3) is 0 Å². The molecule has 0 amide bonds. The molecule has 1 aromatic carbocycles. The standard InChI is InChI=1S/C6H4N2O4.Pd/c9-7(10)5-1-2-6(4-3-5)8(11)12;/h1-4H;. The number of hydrogen-bond acceptors (Lipinski definition) is 4. The van der Waals surface area contributed by atoms with E-state index < -0.39 is 9.85 Å². The summed E-state index contributed by atoms with van der Waals surface area (Å²) in [6.45, 7) is 0. The van der Waals surface area contributed by atoms with E-state index in [1.807, 2.05) is 0 Å². The largest absolute Gasteiger partial charge is 0.269 e. The van der Waals surface area contributed by atoms with Crippen LogP contribution in [0.3, 0.4) is 0 Å². The summed E-state index contributed by atoms with van der Waals surface area (Å²) in [5.74, 6) is 0. The maximum atomic E-state index is 10.1. The Labute approximate surface area is 86.5 Å². The van der Waals surface area contributed by atoms with Crippen LogP contribution in [0.1, 0.15) is 0 Å². The predicted molar refractivity (Wildman–Crippen MR) is 39.8 cm³/mol. The Morgan fingerprint density at radius 2 is 1.08 bits per heavy atom. The van der Waals surface area contributed by atoms with E-state index in [4.69, 9.17) is 0 Å². The quantitative estimate of drug-likeness (QED) is 0.464.